The number of aliphatic hydroxyl groups is 1. The third-order valence-electron chi connectivity index (χ3n) is 3.57. The topological polar surface area (TPSA) is 52.6 Å². The molecule has 0 saturated carbocycles. The second-order valence-corrected chi connectivity index (χ2v) is 4.86. The van der Waals surface area contributed by atoms with Gasteiger partial charge in [0.2, 0.25) is 5.91 Å². The van der Waals surface area contributed by atoms with Crippen molar-refractivity contribution < 1.29 is 9.90 Å². The zero-order valence-corrected chi connectivity index (χ0v) is 12.7. The summed E-state index contributed by atoms with van der Waals surface area (Å²) in [4.78, 5) is 14.0. The lowest BCUT2D eigenvalue weighted by atomic mass is 10.0. The first kappa shape index (κ1) is 16.7. The number of likely N-dealkylation sites (N-methyl/N-ethyl adjacent to an activating group) is 1. The van der Waals surface area contributed by atoms with Crippen LogP contribution in [0.3, 0.4) is 0 Å². The highest BCUT2D eigenvalue weighted by atomic mass is 16.3. The molecule has 1 aromatic carbocycles. The summed E-state index contributed by atoms with van der Waals surface area (Å²) in [5, 5.41) is 12.4. The minimum absolute atomic E-state index is 0.0488. The molecule has 112 valence electrons. The van der Waals surface area contributed by atoms with Gasteiger partial charge in [-0.1, -0.05) is 45.0 Å². The van der Waals surface area contributed by atoms with Gasteiger partial charge in [0, 0.05) is 0 Å². The van der Waals surface area contributed by atoms with Crippen LogP contribution in [0.25, 0.3) is 0 Å². The van der Waals surface area contributed by atoms with Crippen LogP contribution in [0.4, 0.5) is 0 Å². The Kier molecular flexibility index (Phi) is 7.26. The molecule has 0 spiro atoms. The molecule has 0 aliphatic rings. The van der Waals surface area contributed by atoms with E-state index in [-0.39, 0.29) is 18.6 Å². The minimum atomic E-state index is -0.330. The van der Waals surface area contributed by atoms with Crippen molar-refractivity contribution in [3.8, 4) is 0 Å². The number of carbonyl (C=O) groups is 1. The Morgan fingerprint density at radius 2 is 1.80 bits per heavy atom. The maximum Gasteiger partial charge on any atom is 0.234 e. The van der Waals surface area contributed by atoms with E-state index in [1.54, 1.807) is 0 Å². The predicted molar refractivity (Wildman–Crippen MR) is 81.6 cm³/mol. The highest BCUT2D eigenvalue weighted by Crippen LogP contribution is 2.14. The molecule has 0 aromatic heterocycles. The Balaban J connectivity index is 2.63. The normalized spacial score (nSPS) is 12.4. The fourth-order valence-corrected chi connectivity index (χ4v) is 2.11. The molecule has 20 heavy (non-hydrogen) atoms. The fraction of sp³-hybridized carbons (Fsp3) is 0.562. The van der Waals surface area contributed by atoms with Gasteiger partial charge in [0.05, 0.1) is 19.2 Å². The molecule has 0 saturated heterocycles. The van der Waals surface area contributed by atoms with Crippen LogP contribution in [0.15, 0.2) is 24.3 Å². The number of amides is 1. The second kappa shape index (κ2) is 8.72. The number of rotatable bonds is 8. The number of benzene rings is 1. The third-order valence-corrected chi connectivity index (χ3v) is 3.57. The molecule has 1 atom stereocenters. The first-order valence-electron chi connectivity index (χ1n) is 7.35. The third kappa shape index (κ3) is 4.94. The summed E-state index contributed by atoms with van der Waals surface area (Å²) >= 11 is 0. The summed E-state index contributed by atoms with van der Waals surface area (Å²) in [6.45, 7) is 8.14. The van der Waals surface area contributed by atoms with Gasteiger partial charge in [0.1, 0.15) is 0 Å². The monoisotopic (exact) mass is 278 g/mol. The van der Waals surface area contributed by atoms with E-state index in [0.717, 1.165) is 25.1 Å². The van der Waals surface area contributed by atoms with Crippen molar-refractivity contribution in [2.45, 2.75) is 33.2 Å². The van der Waals surface area contributed by atoms with Crippen LogP contribution in [0.5, 0.6) is 0 Å². The van der Waals surface area contributed by atoms with Crippen molar-refractivity contribution >= 4 is 5.91 Å². The Morgan fingerprint density at radius 3 is 2.25 bits per heavy atom. The maximum absolute atomic E-state index is 12.0. The number of nitrogens with one attached hydrogen (secondary N) is 1. The lowest BCUT2D eigenvalue weighted by molar-refractivity contribution is -0.123. The van der Waals surface area contributed by atoms with E-state index in [2.05, 4.69) is 12.2 Å². The summed E-state index contributed by atoms with van der Waals surface area (Å²) in [6, 6.07) is 7.68. The van der Waals surface area contributed by atoms with Crippen LogP contribution in [0, 0.1) is 0 Å². The number of hydrogen-bond acceptors (Lipinski definition) is 3. The van der Waals surface area contributed by atoms with E-state index in [1.807, 2.05) is 43.0 Å². The Hall–Kier alpha value is -1.39. The van der Waals surface area contributed by atoms with Crippen molar-refractivity contribution in [2.24, 2.45) is 0 Å². The zero-order chi connectivity index (χ0) is 15.0. The summed E-state index contributed by atoms with van der Waals surface area (Å²) < 4.78 is 0. The summed E-state index contributed by atoms with van der Waals surface area (Å²) in [5.41, 5.74) is 2.19. The highest BCUT2D eigenvalue weighted by molar-refractivity contribution is 5.78. The van der Waals surface area contributed by atoms with Crippen molar-refractivity contribution in [3.05, 3.63) is 35.4 Å². The SMILES string of the molecule is CCc1ccc(C(CO)NC(=O)CN(CC)CC)cc1. The molecule has 4 heteroatoms. The number of nitrogens with zero attached hydrogens (tertiary/aromatic N) is 1. The van der Waals surface area contributed by atoms with Crippen LogP contribution in [0.2, 0.25) is 0 Å². The first-order chi connectivity index (χ1) is 9.64. The Bertz CT molecular complexity index is 399. The first-order valence-corrected chi connectivity index (χ1v) is 7.35. The lowest BCUT2D eigenvalue weighted by Gasteiger charge is -2.21. The molecule has 0 aliphatic heterocycles. The summed E-state index contributed by atoms with van der Waals surface area (Å²) in [5.74, 6) is -0.0488. The highest BCUT2D eigenvalue weighted by Gasteiger charge is 2.15. The van der Waals surface area contributed by atoms with Gasteiger partial charge in [-0.25, -0.2) is 0 Å². The van der Waals surface area contributed by atoms with E-state index in [9.17, 15) is 9.90 Å². The van der Waals surface area contributed by atoms with Crippen LogP contribution >= 0.6 is 0 Å². The quantitative estimate of drug-likeness (QED) is 0.761. The Morgan fingerprint density at radius 1 is 1.20 bits per heavy atom. The average Bonchev–Trinajstić information content (AvgIpc) is 2.50. The van der Waals surface area contributed by atoms with E-state index in [1.165, 1.54) is 5.56 Å². The van der Waals surface area contributed by atoms with Crippen molar-refractivity contribution in [1.82, 2.24) is 10.2 Å². The molecule has 1 unspecified atom stereocenters. The molecule has 0 bridgehead atoms. The van der Waals surface area contributed by atoms with Crippen LogP contribution in [0.1, 0.15) is 37.9 Å². The van der Waals surface area contributed by atoms with E-state index in [0.29, 0.717) is 6.54 Å². The zero-order valence-electron chi connectivity index (χ0n) is 12.7. The van der Waals surface area contributed by atoms with Gasteiger partial charge in [-0.2, -0.15) is 0 Å². The minimum Gasteiger partial charge on any atom is -0.394 e. The number of aliphatic hydroxyl groups excluding tert-OH is 1. The van der Waals surface area contributed by atoms with Gasteiger partial charge in [-0.05, 0) is 30.6 Å². The summed E-state index contributed by atoms with van der Waals surface area (Å²) in [7, 11) is 0. The van der Waals surface area contributed by atoms with E-state index >= 15 is 0 Å². The van der Waals surface area contributed by atoms with Crippen LogP contribution in [-0.4, -0.2) is 42.2 Å². The molecule has 2 N–H and O–H groups in total. The van der Waals surface area contributed by atoms with Crippen LogP contribution < -0.4 is 5.32 Å². The van der Waals surface area contributed by atoms with E-state index in [4.69, 9.17) is 0 Å². The molecule has 0 fully saturated rings. The average molecular weight is 278 g/mol. The van der Waals surface area contributed by atoms with Crippen molar-refractivity contribution in [2.75, 3.05) is 26.2 Å². The summed E-state index contributed by atoms with van der Waals surface area (Å²) in [6.07, 6.45) is 0.985. The molecular formula is C16H26N2O2. The molecule has 0 aliphatic carbocycles. The van der Waals surface area contributed by atoms with Gasteiger partial charge in [-0.3, -0.25) is 9.69 Å². The van der Waals surface area contributed by atoms with Gasteiger partial charge in [0.25, 0.3) is 0 Å². The van der Waals surface area contributed by atoms with Gasteiger partial charge in [-0.15, -0.1) is 0 Å². The van der Waals surface area contributed by atoms with Gasteiger partial charge < -0.3 is 10.4 Å². The molecule has 0 radical (unpaired) electrons. The van der Waals surface area contributed by atoms with Crippen molar-refractivity contribution in [1.29, 1.82) is 0 Å². The largest absolute Gasteiger partial charge is 0.394 e. The predicted octanol–water partition coefficient (Wildman–Crippen LogP) is 1.74. The van der Waals surface area contributed by atoms with Gasteiger partial charge in [0.15, 0.2) is 0 Å². The van der Waals surface area contributed by atoms with Crippen molar-refractivity contribution in [3.63, 3.8) is 0 Å². The molecule has 1 aromatic rings. The number of hydrogen-bond donors (Lipinski definition) is 2. The molecule has 4 nitrogen and oxygen atoms in total. The van der Waals surface area contributed by atoms with Gasteiger partial charge >= 0.3 is 0 Å². The standard InChI is InChI=1S/C16H26N2O2/c1-4-13-7-9-14(10-8-13)15(12-19)17-16(20)11-18(5-2)6-3/h7-10,15,19H,4-6,11-12H2,1-3H3,(H,17,20). The smallest absolute Gasteiger partial charge is 0.234 e. The molecule has 0 heterocycles. The molecule has 1 amide bonds. The maximum atomic E-state index is 12.0. The second-order valence-electron chi connectivity index (χ2n) is 4.86. The molecule has 1 rings (SSSR count). The molecular weight excluding hydrogens is 252 g/mol. The fourth-order valence-electron chi connectivity index (χ4n) is 2.11. The van der Waals surface area contributed by atoms with Crippen LogP contribution in [-0.2, 0) is 11.2 Å². The lowest BCUT2D eigenvalue weighted by Crippen LogP contribution is -2.39. The van der Waals surface area contributed by atoms with E-state index < -0.39 is 0 Å². The number of carbonyl (C=O) groups excluding carboxylic acids is 1. The number of aryl methyl sites for hydroxylation is 1. The Labute approximate surface area is 121 Å².